The van der Waals surface area contributed by atoms with Gasteiger partial charge in [0.15, 0.2) is 0 Å². The van der Waals surface area contributed by atoms with Gasteiger partial charge in [0.05, 0.1) is 12.9 Å². The van der Waals surface area contributed by atoms with Gasteiger partial charge in [-0.2, -0.15) is 8.42 Å². The van der Waals surface area contributed by atoms with E-state index in [-0.39, 0.29) is 6.61 Å². The van der Waals surface area contributed by atoms with Crippen molar-refractivity contribution >= 4 is 16.2 Å². The molecular weight excluding hydrogens is 236 g/mol. The van der Waals surface area contributed by atoms with E-state index in [1.807, 2.05) is 4.90 Å². The molecule has 0 radical (unpaired) electrons. The van der Waals surface area contributed by atoms with Gasteiger partial charge < -0.3 is 10.0 Å². The van der Waals surface area contributed by atoms with Gasteiger partial charge in [-0.1, -0.05) is 0 Å². The van der Waals surface area contributed by atoms with Crippen LogP contribution in [0.15, 0.2) is 0 Å². The third-order valence-electron chi connectivity index (χ3n) is 2.35. The zero-order valence-corrected chi connectivity index (χ0v) is 9.94. The van der Waals surface area contributed by atoms with Gasteiger partial charge in [0.1, 0.15) is 0 Å². The van der Waals surface area contributed by atoms with Crippen molar-refractivity contribution in [3.05, 3.63) is 0 Å². The summed E-state index contributed by atoms with van der Waals surface area (Å²) in [5.74, 6) is 0. The van der Waals surface area contributed by atoms with Crippen molar-refractivity contribution in [1.82, 2.24) is 9.80 Å². The summed E-state index contributed by atoms with van der Waals surface area (Å²) >= 11 is 0. The molecule has 0 spiro atoms. The summed E-state index contributed by atoms with van der Waals surface area (Å²) in [6.45, 7) is 2.74. The minimum Gasteiger partial charge on any atom is -0.465 e. The molecule has 16 heavy (non-hydrogen) atoms. The number of carboxylic acid groups (broad SMARTS) is 1. The predicted molar refractivity (Wildman–Crippen MR) is 56.8 cm³/mol. The molecule has 0 saturated carbocycles. The van der Waals surface area contributed by atoms with E-state index in [1.165, 1.54) is 4.90 Å². The van der Waals surface area contributed by atoms with Gasteiger partial charge in [0.2, 0.25) is 0 Å². The molecular formula is C8H16N2O5S. The standard InChI is InChI=1S/C8H16N2O5S/c1-16(13,14)15-7-6-9-2-4-10(5-3-9)8(11)12/h2-7H2,1H3,(H,11,12). The second kappa shape index (κ2) is 5.46. The average molecular weight is 252 g/mol. The fraction of sp³-hybridized carbons (Fsp3) is 0.875. The predicted octanol–water partition coefficient (Wildman–Crippen LogP) is -0.742. The molecule has 0 aromatic rings. The monoisotopic (exact) mass is 252 g/mol. The van der Waals surface area contributed by atoms with Gasteiger partial charge in [-0.25, -0.2) is 4.79 Å². The molecule has 1 saturated heterocycles. The van der Waals surface area contributed by atoms with Crippen molar-refractivity contribution in [1.29, 1.82) is 0 Å². The molecule has 1 aliphatic heterocycles. The van der Waals surface area contributed by atoms with E-state index in [9.17, 15) is 13.2 Å². The second-order valence-corrected chi connectivity index (χ2v) is 5.28. The van der Waals surface area contributed by atoms with Gasteiger partial charge >= 0.3 is 6.09 Å². The Morgan fingerprint density at radius 2 is 1.88 bits per heavy atom. The van der Waals surface area contributed by atoms with Crippen LogP contribution in [0.25, 0.3) is 0 Å². The highest BCUT2D eigenvalue weighted by Gasteiger charge is 2.20. The zero-order valence-electron chi connectivity index (χ0n) is 9.13. The SMILES string of the molecule is CS(=O)(=O)OCCN1CCN(C(=O)O)CC1. The summed E-state index contributed by atoms with van der Waals surface area (Å²) in [6, 6.07) is 0. The molecule has 8 heteroatoms. The van der Waals surface area contributed by atoms with E-state index >= 15 is 0 Å². The normalized spacial score (nSPS) is 18.7. The van der Waals surface area contributed by atoms with Crippen molar-refractivity contribution in [2.75, 3.05) is 45.6 Å². The molecule has 7 nitrogen and oxygen atoms in total. The molecule has 0 aliphatic carbocycles. The van der Waals surface area contributed by atoms with Crippen LogP contribution >= 0.6 is 0 Å². The topological polar surface area (TPSA) is 87.2 Å². The minimum absolute atomic E-state index is 0.117. The Morgan fingerprint density at radius 1 is 1.31 bits per heavy atom. The number of piperazine rings is 1. The van der Waals surface area contributed by atoms with Crippen LogP contribution in [0.1, 0.15) is 0 Å². The molecule has 0 unspecified atom stereocenters. The summed E-state index contributed by atoms with van der Waals surface area (Å²) in [7, 11) is -3.38. The average Bonchev–Trinajstić information content (AvgIpc) is 2.16. The van der Waals surface area contributed by atoms with Crippen molar-refractivity contribution in [2.45, 2.75) is 0 Å². The molecule has 0 aromatic heterocycles. The zero-order chi connectivity index (χ0) is 12.2. The van der Waals surface area contributed by atoms with Crippen molar-refractivity contribution in [3.8, 4) is 0 Å². The smallest absolute Gasteiger partial charge is 0.407 e. The number of amides is 1. The second-order valence-electron chi connectivity index (χ2n) is 3.64. The van der Waals surface area contributed by atoms with Crippen molar-refractivity contribution < 1.29 is 22.5 Å². The fourth-order valence-corrected chi connectivity index (χ4v) is 1.86. The van der Waals surface area contributed by atoms with Crippen LogP contribution in [0, 0.1) is 0 Å². The summed E-state index contributed by atoms with van der Waals surface area (Å²) < 4.78 is 26.0. The number of nitrogens with zero attached hydrogens (tertiary/aromatic N) is 2. The van der Waals surface area contributed by atoms with Gasteiger partial charge in [-0.3, -0.25) is 9.08 Å². The van der Waals surface area contributed by atoms with E-state index in [0.29, 0.717) is 32.7 Å². The lowest BCUT2D eigenvalue weighted by molar-refractivity contribution is 0.0992. The summed E-state index contributed by atoms with van der Waals surface area (Å²) in [5.41, 5.74) is 0. The van der Waals surface area contributed by atoms with Gasteiger partial charge in [0, 0.05) is 32.7 Å². The van der Waals surface area contributed by atoms with E-state index in [0.717, 1.165) is 6.26 Å². The molecule has 0 bridgehead atoms. The Bertz CT molecular complexity index is 334. The highest BCUT2D eigenvalue weighted by Crippen LogP contribution is 2.01. The molecule has 1 heterocycles. The molecule has 0 aromatic carbocycles. The van der Waals surface area contributed by atoms with Crippen molar-refractivity contribution in [2.24, 2.45) is 0 Å². The third kappa shape index (κ3) is 4.77. The van der Waals surface area contributed by atoms with Gasteiger partial charge in [-0.05, 0) is 0 Å². The summed E-state index contributed by atoms with van der Waals surface area (Å²) in [4.78, 5) is 13.9. The maximum atomic E-state index is 10.7. The lowest BCUT2D eigenvalue weighted by Gasteiger charge is -2.32. The maximum Gasteiger partial charge on any atom is 0.407 e. The number of rotatable bonds is 4. The van der Waals surface area contributed by atoms with Crippen molar-refractivity contribution in [3.63, 3.8) is 0 Å². The highest BCUT2D eigenvalue weighted by molar-refractivity contribution is 7.85. The van der Waals surface area contributed by atoms with Gasteiger partial charge in [0.25, 0.3) is 10.1 Å². The molecule has 1 N–H and O–H groups in total. The van der Waals surface area contributed by atoms with Crippen LogP contribution < -0.4 is 0 Å². The van der Waals surface area contributed by atoms with E-state index in [4.69, 9.17) is 5.11 Å². The Labute approximate surface area is 94.7 Å². The van der Waals surface area contributed by atoms with Crippen LogP contribution in [-0.4, -0.2) is 75.0 Å². The Kier molecular flexibility index (Phi) is 4.51. The first-order valence-corrected chi connectivity index (χ1v) is 6.75. The highest BCUT2D eigenvalue weighted by atomic mass is 32.2. The quantitative estimate of drug-likeness (QED) is 0.663. The lowest BCUT2D eigenvalue weighted by atomic mass is 10.3. The van der Waals surface area contributed by atoms with E-state index < -0.39 is 16.2 Å². The molecule has 1 fully saturated rings. The Morgan fingerprint density at radius 3 is 2.31 bits per heavy atom. The number of hydrogen-bond donors (Lipinski definition) is 1. The summed E-state index contributed by atoms with van der Waals surface area (Å²) in [5, 5.41) is 8.71. The lowest BCUT2D eigenvalue weighted by Crippen LogP contribution is -2.49. The van der Waals surface area contributed by atoms with E-state index in [1.54, 1.807) is 0 Å². The first-order chi connectivity index (χ1) is 7.38. The maximum absolute atomic E-state index is 10.7. The molecule has 94 valence electrons. The molecule has 0 atom stereocenters. The van der Waals surface area contributed by atoms with Crippen LogP contribution in [-0.2, 0) is 14.3 Å². The molecule has 1 amide bonds. The minimum atomic E-state index is -3.38. The summed E-state index contributed by atoms with van der Waals surface area (Å²) in [6.07, 6.45) is 0.0991. The molecule has 1 rings (SSSR count). The Balaban J connectivity index is 2.20. The van der Waals surface area contributed by atoms with Crippen LogP contribution in [0.4, 0.5) is 4.79 Å². The fourth-order valence-electron chi connectivity index (χ4n) is 1.48. The number of hydrogen-bond acceptors (Lipinski definition) is 5. The first-order valence-electron chi connectivity index (χ1n) is 4.93. The Hall–Kier alpha value is -0.860. The molecule has 1 aliphatic rings. The number of carbonyl (C=O) groups is 1. The van der Waals surface area contributed by atoms with Crippen LogP contribution in [0.5, 0.6) is 0 Å². The first kappa shape index (κ1) is 13.2. The van der Waals surface area contributed by atoms with Crippen LogP contribution in [0.2, 0.25) is 0 Å². The largest absolute Gasteiger partial charge is 0.465 e. The van der Waals surface area contributed by atoms with Crippen LogP contribution in [0.3, 0.4) is 0 Å². The van der Waals surface area contributed by atoms with Gasteiger partial charge in [-0.15, -0.1) is 0 Å². The third-order valence-corrected chi connectivity index (χ3v) is 2.94. The van der Waals surface area contributed by atoms with E-state index in [2.05, 4.69) is 4.18 Å².